The summed E-state index contributed by atoms with van der Waals surface area (Å²) in [7, 11) is 0. The zero-order valence-electron chi connectivity index (χ0n) is 10.6. The molecule has 0 saturated carbocycles. The van der Waals surface area contributed by atoms with Crippen molar-refractivity contribution in [1.29, 1.82) is 0 Å². The third kappa shape index (κ3) is 3.09. The molecule has 2 heteroatoms. The Morgan fingerprint density at radius 3 is 2.44 bits per heavy atom. The number of hydrogen-bond acceptors (Lipinski definition) is 2. The molecule has 1 atom stereocenters. The number of carbonyl (C=O) groups excluding carboxylic acids is 1. The van der Waals surface area contributed by atoms with Crippen molar-refractivity contribution in [3.05, 3.63) is 29.8 Å². The number of Topliss-reactive ketones (excluding diaryl/α,β-unsaturated/α-hetero) is 1. The normalized spacial score (nSPS) is 12.6. The predicted molar refractivity (Wildman–Crippen MR) is 69.0 cm³/mol. The molecule has 0 aliphatic rings. The zero-order chi connectivity index (χ0) is 12.1. The Morgan fingerprint density at radius 2 is 1.94 bits per heavy atom. The highest BCUT2D eigenvalue weighted by molar-refractivity contribution is 5.99. The van der Waals surface area contributed by atoms with Gasteiger partial charge in [0.05, 0.1) is 0 Å². The van der Waals surface area contributed by atoms with Crippen LogP contribution in [-0.2, 0) is 0 Å². The molecule has 16 heavy (non-hydrogen) atoms. The Balaban J connectivity index is 2.91. The van der Waals surface area contributed by atoms with Crippen molar-refractivity contribution in [3.8, 4) is 0 Å². The molecule has 1 aromatic rings. The monoisotopic (exact) mass is 219 g/mol. The van der Waals surface area contributed by atoms with Crippen molar-refractivity contribution >= 4 is 11.5 Å². The second-order valence-corrected chi connectivity index (χ2v) is 4.50. The number of rotatable bonds is 5. The summed E-state index contributed by atoms with van der Waals surface area (Å²) in [6.45, 7) is 8.15. The van der Waals surface area contributed by atoms with E-state index in [2.05, 4.69) is 26.1 Å². The first kappa shape index (κ1) is 12.8. The number of carbonyl (C=O) groups is 1. The Hall–Kier alpha value is -1.31. The van der Waals surface area contributed by atoms with Crippen molar-refractivity contribution in [1.82, 2.24) is 0 Å². The Kier molecular flexibility index (Phi) is 4.53. The number of ketones is 1. The second kappa shape index (κ2) is 5.69. The lowest BCUT2D eigenvalue weighted by atomic mass is 10.0. The fourth-order valence-corrected chi connectivity index (χ4v) is 1.86. The molecule has 0 spiro atoms. The lowest BCUT2D eigenvalue weighted by molar-refractivity contribution is 0.101. The van der Waals surface area contributed by atoms with Crippen molar-refractivity contribution in [2.45, 2.75) is 40.2 Å². The maximum atomic E-state index is 11.5. The van der Waals surface area contributed by atoms with Crippen LogP contribution in [0, 0.1) is 5.92 Å². The van der Waals surface area contributed by atoms with E-state index in [1.807, 2.05) is 24.3 Å². The summed E-state index contributed by atoms with van der Waals surface area (Å²) in [5.41, 5.74) is 1.73. The lowest BCUT2D eigenvalue weighted by Gasteiger charge is -2.23. The summed E-state index contributed by atoms with van der Waals surface area (Å²) in [6.07, 6.45) is 1.06. The summed E-state index contributed by atoms with van der Waals surface area (Å²) in [6, 6.07) is 8.13. The third-order valence-corrected chi connectivity index (χ3v) is 2.89. The van der Waals surface area contributed by atoms with Crippen molar-refractivity contribution in [2.24, 2.45) is 5.92 Å². The molecule has 0 aromatic heterocycles. The fourth-order valence-electron chi connectivity index (χ4n) is 1.86. The van der Waals surface area contributed by atoms with E-state index in [-0.39, 0.29) is 5.78 Å². The molecule has 0 aliphatic heterocycles. The van der Waals surface area contributed by atoms with Gasteiger partial charge < -0.3 is 5.32 Å². The third-order valence-electron chi connectivity index (χ3n) is 2.89. The first-order valence-electron chi connectivity index (χ1n) is 5.92. The molecule has 2 nitrogen and oxygen atoms in total. The van der Waals surface area contributed by atoms with Crippen molar-refractivity contribution in [3.63, 3.8) is 0 Å². The molecule has 0 amide bonds. The number of benzene rings is 1. The zero-order valence-corrected chi connectivity index (χ0v) is 10.6. The molecule has 0 heterocycles. The first-order valence-corrected chi connectivity index (χ1v) is 5.92. The van der Waals surface area contributed by atoms with Gasteiger partial charge in [-0.2, -0.15) is 0 Å². The van der Waals surface area contributed by atoms with Crippen LogP contribution in [0.5, 0.6) is 0 Å². The van der Waals surface area contributed by atoms with Crippen LogP contribution in [0.3, 0.4) is 0 Å². The van der Waals surface area contributed by atoms with E-state index < -0.39 is 0 Å². The van der Waals surface area contributed by atoms with Gasteiger partial charge in [-0.15, -0.1) is 0 Å². The summed E-state index contributed by atoms with van der Waals surface area (Å²) < 4.78 is 0. The molecule has 0 radical (unpaired) electrons. The number of hydrogen-bond donors (Lipinski definition) is 1. The van der Waals surface area contributed by atoms with Crippen LogP contribution >= 0.6 is 0 Å². The standard InChI is InChI=1S/C14H21NO/c1-5-13(10(2)3)15-14-9-7-6-8-12(14)11(4)16/h6-10,13,15H,5H2,1-4H3. The summed E-state index contributed by atoms with van der Waals surface area (Å²) >= 11 is 0. The van der Waals surface area contributed by atoms with Gasteiger partial charge in [-0.05, 0) is 31.4 Å². The Morgan fingerprint density at radius 1 is 1.31 bits per heavy atom. The molecule has 0 bridgehead atoms. The van der Waals surface area contributed by atoms with E-state index >= 15 is 0 Å². The van der Waals surface area contributed by atoms with Gasteiger partial charge >= 0.3 is 0 Å². The van der Waals surface area contributed by atoms with Gasteiger partial charge in [0.2, 0.25) is 0 Å². The van der Waals surface area contributed by atoms with Crippen LogP contribution in [0.15, 0.2) is 24.3 Å². The second-order valence-electron chi connectivity index (χ2n) is 4.50. The molecule has 0 saturated heterocycles. The van der Waals surface area contributed by atoms with Gasteiger partial charge in [0.1, 0.15) is 0 Å². The highest BCUT2D eigenvalue weighted by Crippen LogP contribution is 2.19. The van der Waals surface area contributed by atoms with E-state index in [0.717, 1.165) is 17.7 Å². The van der Waals surface area contributed by atoms with Crippen LogP contribution in [0.1, 0.15) is 44.5 Å². The predicted octanol–water partition coefficient (Wildman–Crippen LogP) is 3.74. The first-order chi connectivity index (χ1) is 7.56. The topological polar surface area (TPSA) is 29.1 Å². The SMILES string of the molecule is CCC(Nc1ccccc1C(C)=O)C(C)C. The van der Waals surface area contributed by atoms with Crippen LogP contribution in [0.4, 0.5) is 5.69 Å². The Labute approximate surface area is 98.1 Å². The highest BCUT2D eigenvalue weighted by atomic mass is 16.1. The minimum atomic E-state index is 0.113. The minimum absolute atomic E-state index is 0.113. The molecule has 1 unspecified atom stereocenters. The molecule has 0 aliphatic carbocycles. The molecule has 1 N–H and O–H groups in total. The maximum absolute atomic E-state index is 11.5. The summed E-state index contributed by atoms with van der Waals surface area (Å²) in [4.78, 5) is 11.5. The van der Waals surface area contributed by atoms with E-state index in [9.17, 15) is 4.79 Å². The molecular weight excluding hydrogens is 198 g/mol. The van der Waals surface area contributed by atoms with Gasteiger partial charge in [-0.3, -0.25) is 4.79 Å². The number of nitrogens with one attached hydrogen (secondary N) is 1. The van der Waals surface area contributed by atoms with Crippen molar-refractivity contribution < 1.29 is 4.79 Å². The molecule has 0 fully saturated rings. The Bertz CT molecular complexity index is 358. The van der Waals surface area contributed by atoms with Gasteiger partial charge in [-0.1, -0.05) is 32.9 Å². The molecule has 88 valence electrons. The van der Waals surface area contributed by atoms with E-state index in [1.54, 1.807) is 6.92 Å². The average Bonchev–Trinajstić information content (AvgIpc) is 2.25. The smallest absolute Gasteiger partial charge is 0.161 e. The van der Waals surface area contributed by atoms with Gasteiger partial charge in [-0.25, -0.2) is 0 Å². The minimum Gasteiger partial charge on any atom is -0.381 e. The van der Waals surface area contributed by atoms with E-state index in [4.69, 9.17) is 0 Å². The molecular formula is C14H21NO. The van der Waals surface area contributed by atoms with Gasteiger partial charge in [0.25, 0.3) is 0 Å². The number of anilines is 1. The van der Waals surface area contributed by atoms with Gasteiger partial charge in [0.15, 0.2) is 5.78 Å². The largest absolute Gasteiger partial charge is 0.381 e. The molecule has 1 aromatic carbocycles. The van der Waals surface area contributed by atoms with Crippen LogP contribution in [-0.4, -0.2) is 11.8 Å². The highest BCUT2D eigenvalue weighted by Gasteiger charge is 2.13. The van der Waals surface area contributed by atoms with Crippen LogP contribution < -0.4 is 5.32 Å². The summed E-state index contributed by atoms with van der Waals surface area (Å²) in [5, 5.41) is 3.46. The molecule has 1 rings (SSSR count). The fraction of sp³-hybridized carbons (Fsp3) is 0.500. The average molecular weight is 219 g/mol. The lowest BCUT2D eigenvalue weighted by Crippen LogP contribution is -2.25. The maximum Gasteiger partial charge on any atom is 0.161 e. The van der Waals surface area contributed by atoms with Crippen molar-refractivity contribution in [2.75, 3.05) is 5.32 Å². The van der Waals surface area contributed by atoms with Crippen LogP contribution in [0.2, 0.25) is 0 Å². The van der Waals surface area contributed by atoms with E-state index in [1.165, 1.54) is 0 Å². The number of para-hydroxylation sites is 1. The van der Waals surface area contributed by atoms with Gasteiger partial charge in [0, 0.05) is 17.3 Å². The van der Waals surface area contributed by atoms with Crippen LogP contribution in [0.25, 0.3) is 0 Å². The van der Waals surface area contributed by atoms with E-state index in [0.29, 0.717) is 12.0 Å². The summed E-state index contributed by atoms with van der Waals surface area (Å²) in [5.74, 6) is 0.673. The quantitative estimate of drug-likeness (QED) is 0.764.